The minimum atomic E-state index is -3.97. The van der Waals surface area contributed by atoms with Crippen molar-refractivity contribution >= 4 is 25.2 Å². The summed E-state index contributed by atoms with van der Waals surface area (Å²) in [5, 5.41) is 4.64. The van der Waals surface area contributed by atoms with Gasteiger partial charge in [-0.2, -0.15) is 0 Å². The molecule has 0 unspecified atom stereocenters. The largest absolute Gasteiger partial charge is 0.493 e. The normalized spacial score (nSPS) is 12.1. The molecule has 0 radical (unpaired) electrons. The van der Waals surface area contributed by atoms with Crippen LogP contribution >= 0.6 is 10.7 Å². The smallest absolute Gasteiger partial charge is 0.277 e. The fourth-order valence-electron chi connectivity index (χ4n) is 3.51. The van der Waals surface area contributed by atoms with Gasteiger partial charge in [0.05, 0.1) is 22.8 Å². The summed E-state index contributed by atoms with van der Waals surface area (Å²) in [5.74, 6) is 1.44. The maximum atomic E-state index is 13.0. The SMILES string of the molecule is CCOc1ccc(S(=O)(=O)Cl)cc1-c1nn2c(C(CC)CC)nc(CC)c2c(=O)[nH]1. The molecule has 162 valence electrons. The molecule has 2 aromatic heterocycles. The van der Waals surface area contributed by atoms with E-state index in [-0.39, 0.29) is 22.2 Å². The van der Waals surface area contributed by atoms with Crippen LogP contribution in [-0.2, 0) is 15.5 Å². The maximum Gasteiger partial charge on any atom is 0.277 e. The number of imidazole rings is 1. The summed E-state index contributed by atoms with van der Waals surface area (Å²) < 4.78 is 30.9. The van der Waals surface area contributed by atoms with Gasteiger partial charge in [-0.15, -0.1) is 5.10 Å². The third-order valence-electron chi connectivity index (χ3n) is 5.07. The van der Waals surface area contributed by atoms with Gasteiger partial charge in [-0.05, 0) is 44.4 Å². The number of halogens is 1. The molecule has 0 fully saturated rings. The Morgan fingerprint density at radius 1 is 1.20 bits per heavy atom. The Morgan fingerprint density at radius 2 is 1.90 bits per heavy atom. The summed E-state index contributed by atoms with van der Waals surface area (Å²) in [7, 11) is 1.55. The van der Waals surface area contributed by atoms with Crippen LogP contribution in [0.25, 0.3) is 16.9 Å². The predicted molar refractivity (Wildman–Crippen MR) is 116 cm³/mol. The highest BCUT2D eigenvalue weighted by Crippen LogP contribution is 2.32. The van der Waals surface area contributed by atoms with Crippen LogP contribution in [0, 0.1) is 0 Å². The monoisotopic (exact) mass is 452 g/mol. The van der Waals surface area contributed by atoms with Gasteiger partial charge in [0.25, 0.3) is 14.6 Å². The molecular weight excluding hydrogens is 428 g/mol. The van der Waals surface area contributed by atoms with Gasteiger partial charge in [0, 0.05) is 16.6 Å². The lowest BCUT2D eigenvalue weighted by molar-refractivity contribution is 0.341. The van der Waals surface area contributed by atoms with Crippen LogP contribution < -0.4 is 10.3 Å². The van der Waals surface area contributed by atoms with Crippen molar-refractivity contribution in [2.45, 2.75) is 57.8 Å². The van der Waals surface area contributed by atoms with Crippen molar-refractivity contribution in [1.29, 1.82) is 0 Å². The molecule has 0 atom stereocenters. The van der Waals surface area contributed by atoms with Crippen LogP contribution in [0.3, 0.4) is 0 Å². The average Bonchev–Trinajstić information content (AvgIpc) is 3.08. The molecule has 8 nitrogen and oxygen atoms in total. The number of aryl methyl sites for hydroxylation is 1. The Bertz CT molecular complexity index is 1230. The van der Waals surface area contributed by atoms with Gasteiger partial charge in [0.15, 0.2) is 11.3 Å². The summed E-state index contributed by atoms with van der Waals surface area (Å²) in [5.41, 5.74) is 1.07. The fraction of sp³-hybridized carbons (Fsp3) is 0.450. The minimum absolute atomic E-state index is 0.106. The number of H-pyrrole nitrogens is 1. The van der Waals surface area contributed by atoms with E-state index in [0.717, 1.165) is 18.7 Å². The molecule has 0 bridgehead atoms. The van der Waals surface area contributed by atoms with Gasteiger partial charge in [0.1, 0.15) is 11.6 Å². The van der Waals surface area contributed by atoms with Crippen LogP contribution in [0.5, 0.6) is 5.75 Å². The molecule has 0 spiro atoms. The van der Waals surface area contributed by atoms with E-state index >= 15 is 0 Å². The molecule has 0 amide bonds. The second-order valence-electron chi connectivity index (χ2n) is 6.88. The molecule has 0 saturated carbocycles. The average molecular weight is 453 g/mol. The maximum absolute atomic E-state index is 13.0. The number of aromatic amines is 1. The van der Waals surface area contributed by atoms with Gasteiger partial charge in [0.2, 0.25) is 0 Å². The number of ether oxygens (including phenoxy) is 1. The first-order chi connectivity index (χ1) is 14.2. The van der Waals surface area contributed by atoms with Gasteiger partial charge in [-0.25, -0.2) is 17.9 Å². The molecule has 1 aromatic carbocycles. The topological polar surface area (TPSA) is 106 Å². The zero-order valence-electron chi connectivity index (χ0n) is 17.4. The van der Waals surface area contributed by atoms with Crippen LogP contribution in [-0.4, -0.2) is 34.6 Å². The molecule has 30 heavy (non-hydrogen) atoms. The van der Waals surface area contributed by atoms with Crippen molar-refractivity contribution in [1.82, 2.24) is 19.6 Å². The first kappa shape index (κ1) is 22.3. The quantitative estimate of drug-likeness (QED) is 0.520. The van der Waals surface area contributed by atoms with Crippen LogP contribution in [0.1, 0.15) is 58.0 Å². The van der Waals surface area contributed by atoms with E-state index < -0.39 is 9.05 Å². The van der Waals surface area contributed by atoms with Crippen molar-refractivity contribution in [2.24, 2.45) is 0 Å². The van der Waals surface area contributed by atoms with E-state index in [9.17, 15) is 13.2 Å². The first-order valence-electron chi connectivity index (χ1n) is 9.98. The van der Waals surface area contributed by atoms with Crippen LogP contribution in [0.2, 0.25) is 0 Å². The Kier molecular flexibility index (Phi) is 6.52. The summed E-state index contributed by atoms with van der Waals surface area (Å²) in [6.07, 6.45) is 2.30. The highest BCUT2D eigenvalue weighted by Gasteiger charge is 2.23. The first-order valence-corrected chi connectivity index (χ1v) is 12.3. The van der Waals surface area contributed by atoms with Crippen molar-refractivity contribution < 1.29 is 13.2 Å². The molecule has 3 aromatic rings. The second kappa shape index (κ2) is 8.77. The van der Waals surface area contributed by atoms with Crippen LogP contribution in [0.4, 0.5) is 0 Å². The summed E-state index contributed by atoms with van der Waals surface area (Å²) >= 11 is 0. The van der Waals surface area contributed by atoms with E-state index in [1.807, 2.05) is 13.8 Å². The van der Waals surface area contributed by atoms with Crippen molar-refractivity contribution in [3.05, 3.63) is 40.1 Å². The number of hydrogen-bond donors (Lipinski definition) is 1. The Morgan fingerprint density at radius 3 is 2.47 bits per heavy atom. The van der Waals surface area contributed by atoms with Crippen molar-refractivity contribution in [3.8, 4) is 17.1 Å². The van der Waals surface area contributed by atoms with Gasteiger partial charge in [-0.3, -0.25) is 4.79 Å². The lowest BCUT2D eigenvalue weighted by atomic mass is 10.0. The molecule has 0 aliphatic rings. The summed E-state index contributed by atoms with van der Waals surface area (Å²) in [6.45, 7) is 8.24. The minimum Gasteiger partial charge on any atom is -0.493 e. The van der Waals surface area contributed by atoms with Gasteiger partial charge >= 0.3 is 0 Å². The summed E-state index contributed by atoms with van der Waals surface area (Å²) in [4.78, 5) is 20.3. The Balaban J connectivity index is 2.34. The molecular formula is C20H25ClN4O4S. The number of hydrogen-bond acceptors (Lipinski definition) is 6. The van der Waals surface area contributed by atoms with Gasteiger partial charge in [-0.1, -0.05) is 20.8 Å². The third kappa shape index (κ3) is 4.09. The lowest BCUT2D eigenvalue weighted by Gasteiger charge is -2.13. The second-order valence-corrected chi connectivity index (χ2v) is 9.44. The molecule has 0 saturated heterocycles. The number of nitrogens with zero attached hydrogens (tertiary/aromatic N) is 3. The number of fused-ring (bicyclic) bond motifs is 1. The molecule has 10 heteroatoms. The van der Waals surface area contributed by atoms with Crippen molar-refractivity contribution in [2.75, 3.05) is 6.61 Å². The lowest BCUT2D eigenvalue weighted by Crippen LogP contribution is -2.17. The van der Waals surface area contributed by atoms with Crippen molar-refractivity contribution in [3.63, 3.8) is 0 Å². The van der Waals surface area contributed by atoms with E-state index in [4.69, 9.17) is 20.4 Å². The van der Waals surface area contributed by atoms with Gasteiger partial charge < -0.3 is 9.72 Å². The fourth-order valence-corrected chi connectivity index (χ4v) is 4.29. The zero-order valence-corrected chi connectivity index (χ0v) is 19.0. The van der Waals surface area contributed by atoms with E-state index in [1.165, 1.54) is 18.2 Å². The van der Waals surface area contributed by atoms with E-state index in [0.29, 0.717) is 35.6 Å². The molecule has 0 aliphatic heterocycles. The zero-order chi connectivity index (χ0) is 22.1. The standard InChI is InChI=1S/C20H25ClN4O4S/c1-5-12(6-2)19-22-15(7-3)17-20(26)23-18(24-25(17)19)14-11-13(30(21,27)28)9-10-16(14)29-8-4/h9-12H,5-8H2,1-4H3,(H,23,24,26). The predicted octanol–water partition coefficient (Wildman–Crippen LogP) is 3.88. The molecule has 1 N–H and O–H groups in total. The highest BCUT2D eigenvalue weighted by molar-refractivity contribution is 8.13. The molecule has 2 heterocycles. The number of benzene rings is 1. The highest BCUT2D eigenvalue weighted by atomic mass is 35.7. The Hall–Kier alpha value is -2.39. The number of nitrogens with one attached hydrogen (secondary N) is 1. The summed E-state index contributed by atoms with van der Waals surface area (Å²) in [6, 6.07) is 4.22. The number of rotatable bonds is 8. The number of aromatic nitrogens is 4. The third-order valence-corrected chi connectivity index (χ3v) is 6.42. The molecule has 3 rings (SSSR count). The molecule has 0 aliphatic carbocycles. The Labute approximate surface area is 179 Å². The van der Waals surface area contributed by atoms with Crippen LogP contribution in [0.15, 0.2) is 27.9 Å². The van der Waals surface area contributed by atoms with E-state index in [2.05, 4.69) is 23.9 Å². The van der Waals surface area contributed by atoms with E-state index in [1.54, 1.807) is 4.52 Å².